The summed E-state index contributed by atoms with van der Waals surface area (Å²) >= 11 is 1.55. The summed E-state index contributed by atoms with van der Waals surface area (Å²) < 4.78 is 0. The van der Waals surface area contributed by atoms with E-state index in [0.29, 0.717) is 6.42 Å². The van der Waals surface area contributed by atoms with Crippen LogP contribution in [0.1, 0.15) is 12.5 Å². The molecular weight excluding hydrogens is 264 g/mol. The zero-order valence-electron chi connectivity index (χ0n) is 10.8. The van der Waals surface area contributed by atoms with Crippen molar-refractivity contribution < 1.29 is 14.7 Å². The van der Waals surface area contributed by atoms with Gasteiger partial charge in [0.15, 0.2) is 0 Å². The second-order valence-electron chi connectivity index (χ2n) is 4.49. The molecule has 104 valence electrons. The first-order chi connectivity index (χ1) is 8.94. The smallest absolute Gasteiger partial charge is 0.309 e. The van der Waals surface area contributed by atoms with Crippen LogP contribution in [0.25, 0.3) is 0 Å². The van der Waals surface area contributed by atoms with Crippen molar-refractivity contribution >= 4 is 23.2 Å². The predicted molar refractivity (Wildman–Crippen MR) is 74.9 cm³/mol. The Morgan fingerprint density at radius 3 is 2.74 bits per heavy atom. The number of amides is 2. The van der Waals surface area contributed by atoms with Gasteiger partial charge in [-0.05, 0) is 29.3 Å². The molecule has 0 bridgehead atoms. The molecule has 19 heavy (non-hydrogen) atoms. The van der Waals surface area contributed by atoms with E-state index in [1.54, 1.807) is 18.3 Å². The summed E-state index contributed by atoms with van der Waals surface area (Å²) in [7, 11) is 0. The summed E-state index contributed by atoms with van der Waals surface area (Å²) in [5.41, 5.74) is -0.0875. The molecular formula is C13H18N2O3S. The molecule has 0 aliphatic carbocycles. The molecule has 1 aromatic heterocycles. The van der Waals surface area contributed by atoms with Crippen LogP contribution in [-0.4, -0.2) is 35.6 Å². The Morgan fingerprint density at radius 2 is 2.16 bits per heavy atom. The zero-order valence-corrected chi connectivity index (χ0v) is 11.6. The lowest BCUT2D eigenvalue weighted by molar-refractivity contribution is -0.139. The Morgan fingerprint density at radius 1 is 1.47 bits per heavy atom. The Hall–Kier alpha value is -1.66. The second-order valence-corrected chi connectivity index (χ2v) is 5.27. The van der Waals surface area contributed by atoms with E-state index in [-0.39, 0.29) is 13.1 Å². The minimum Gasteiger partial charge on any atom is -0.388 e. The molecule has 0 aliphatic rings. The summed E-state index contributed by atoms with van der Waals surface area (Å²) in [6, 6.07) is 1.91. The van der Waals surface area contributed by atoms with E-state index < -0.39 is 17.4 Å². The van der Waals surface area contributed by atoms with Crippen LogP contribution in [0.3, 0.4) is 0 Å². The van der Waals surface area contributed by atoms with E-state index in [9.17, 15) is 14.7 Å². The molecule has 0 aliphatic heterocycles. The number of nitrogens with one attached hydrogen (secondary N) is 2. The van der Waals surface area contributed by atoms with Crippen LogP contribution in [-0.2, 0) is 16.0 Å². The summed E-state index contributed by atoms with van der Waals surface area (Å²) in [6.07, 6.45) is 1.91. The van der Waals surface area contributed by atoms with Crippen molar-refractivity contribution in [2.24, 2.45) is 0 Å². The molecule has 3 N–H and O–H groups in total. The largest absolute Gasteiger partial charge is 0.388 e. The minimum atomic E-state index is -1.09. The van der Waals surface area contributed by atoms with E-state index in [4.69, 9.17) is 0 Å². The molecule has 5 nitrogen and oxygen atoms in total. The zero-order chi connectivity index (χ0) is 14.3. The van der Waals surface area contributed by atoms with Crippen LogP contribution in [0.5, 0.6) is 0 Å². The predicted octanol–water partition coefficient (Wildman–Crippen LogP) is 0.460. The first-order valence-electron chi connectivity index (χ1n) is 5.85. The average Bonchev–Trinajstić information content (AvgIpc) is 2.85. The van der Waals surface area contributed by atoms with E-state index in [1.165, 1.54) is 6.08 Å². The molecule has 0 saturated carbocycles. The number of hydrogen-bond donors (Lipinski definition) is 3. The van der Waals surface area contributed by atoms with Crippen molar-refractivity contribution in [1.82, 2.24) is 10.6 Å². The van der Waals surface area contributed by atoms with Crippen LogP contribution in [0.15, 0.2) is 29.5 Å². The van der Waals surface area contributed by atoms with Crippen molar-refractivity contribution in [2.45, 2.75) is 18.9 Å². The molecule has 0 radical (unpaired) electrons. The Kier molecular flexibility index (Phi) is 5.72. The highest BCUT2D eigenvalue weighted by Crippen LogP contribution is 2.14. The molecule has 1 rings (SSSR count). The molecule has 0 saturated heterocycles. The summed E-state index contributed by atoms with van der Waals surface area (Å²) in [5, 5.41) is 18.8. The Balaban J connectivity index is 2.39. The van der Waals surface area contributed by atoms with Gasteiger partial charge in [-0.1, -0.05) is 6.08 Å². The van der Waals surface area contributed by atoms with Gasteiger partial charge in [-0.15, -0.1) is 6.58 Å². The van der Waals surface area contributed by atoms with Crippen molar-refractivity contribution in [1.29, 1.82) is 0 Å². The van der Waals surface area contributed by atoms with Gasteiger partial charge in [-0.2, -0.15) is 11.3 Å². The van der Waals surface area contributed by atoms with E-state index >= 15 is 0 Å². The monoisotopic (exact) mass is 282 g/mol. The molecule has 0 spiro atoms. The fourth-order valence-corrected chi connectivity index (χ4v) is 2.16. The van der Waals surface area contributed by atoms with Crippen molar-refractivity contribution in [3.05, 3.63) is 35.0 Å². The summed E-state index contributed by atoms with van der Waals surface area (Å²) in [6.45, 7) is 5.30. The molecule has 1 unspecified atom stereocenters. The number of thiophene rings is 1. The Labute approximate surface area is 116 Å². The molecule has 2 amide bonds. The van der Waals surface area contributed by atoms with E-state index in [0.717, 1.165) is 5.56 Å². The van der Waals surface area contributed by atoms with Crippen molar-refractivity contribution in [3.8, 4) is 0 Å². The highest BCUT2D eigenvalue weighted by Gasteiger charge is 2.23. The van der Waals surface area contributed by atoms with Gasteiger partial charge in [-0.25, -0.2) is 0 Å². The second kappa shape index (κ2) is 7.06. The Bertz CT molecular complexity index is 441. The normalized spacial score (nSPS) is 13.4. The molecule has 1 heterocycles. The van der Waals surface area contributed by atoms with Crippen molar-refractivity contribution in [3.63, 3.8) is 0 Å². The van der Waals surface area contributed by atoms with Gasteiger partial charge < -0.3 is 15.7 Å². The van der Waals surface area contributed by atoms with Crippen LogP contribution < -0.4 is 10.6 Å². The number of carbonyl (C=O) groups excluding carboxylic acids is 2. The third kappa shape index (κ3) is 5.67. The quantitative estimate of drug-likeness (QED) is 0.524. The van der Waals surface area contributed by atoms with Gasteiger partial charge >= 0.3 is 11.8 Å². The molecule has 0 fully saturated rings. The molecule has 1 atom stereocenters. The average molecular weight is 282 g/mol. The standard InChI is InChI=1S/C13H18N2O3S/c1-3-5-14-11(16)12(17)15-9-13(2,18)7-10-4-6-19-8-10/h3-4,6,8,18H,1,5,7,9H2,2H3,(H,14,16)(H,15,17). The fraction of sp³-hybridized carbons (Fsp3) is 0.385. The maximum Gasteiger partial charge on any atom is 0.309 e. The fourth-order valence-electron chi connectivity index (χ4n) is 1.49. The maximum atomic E-state index is 11.4. The van der Waals surface area contributed by atoms with Gasteiger partial charge in [0.25, 0.3) is 0 Å². The number of aliphatic hydroxyl groups is 1. The summed E-state index contributed by atoms with van der Waals surface area (Å²) in [4.78, 5) is 22.7. The lowest BCUT2D eigenvalue weighted by Crippen LogP contribution is -2.47. The highest BCUT2D eigenvalue weighted by molar-refractivity contribution is 7.07. The van der Waals surface area contributed by atoms with Crippen LogP contribution in [0.2, 0.25) is 0 Å². The third-order valence-corrected chi connectivity index (χ3v) is 3.14. The van der Waals surface area contributed by atoms with Crippen LogP contribution in [0, 0.1) is 0 Å². The maximum absolute atomic E-state index is 11.4. The SMILES string of the molecule is C=CCNC(=O)C(=O)NCC(C)(O)Cc1ccsc1. The van der Waals surface area contributed by atoms with Gasteiger partial charge in [0, 0.05) is 19.5 Å². The van der Waals surface area contributed by atoms with Gasteiger partial charge in [0.1, 0.15) is 0 Å². The van der Waals surface area contributed by atoms with Gasteiger partial charge in [0.05, 0.1) is 5.60 Å². The number of hydrogen-bond acceptors (Lipinski definition) is 4. The third-order valence-electron chi connectivity index (χ3n) is 2.41. The van der Waals surface area contributed by atoms with Crippen LogP contribution in [0.4, 0.5) is 0 Å². The van der Waals surface area contributed by atoms with Gasteiger partial charge in [0.2, 0.25) is 0 Å². The number of rotatable bonds is 6. The highest BCUT2D eigenvalue weighted by atomic mass is 32.1. The first kappa shape index (κ1) is 15.4. The molecule has 0 aromatic carbocycles. The van der Waals surface area contributed by atoms with E-state index in [1.807, 2.05) is 16.8 Å². The molecule has 1 aromatic rings. The van der Waals surface area contributed by atoms with Gasteiger partial charge in [-0.3, -0.25) is 9.59 Å². The lowest BCUT2D eigenvalue weighted by atomic mass is 9.98. The minimum absolute atomic E-state index is 0.0171. The lowest BCUT2D eigenvalue weighted by Gasteiger charge is -2.23. The van der Waals surface area contributed by atoms with E-state index in [2.05, 4.69) is 17.2 Å². The molecule has 6 heteroatoms. The summed E-state index contributed by atoms with van der Waals surface area (Å²) in [5.74, 6) is -1.49. The van der Waals surface area contributed by atoms with Crippen LogP contribution >= 0.6 is 11.3 Å². The first-order valence-corrected chi connectivity index (χ1v) is 6.79. The van der Waals surface area contributed by atoms with Crippen molar-refractivity contribution in [2.75, 3.05) is 13.1 Å². The number of carbonyl (C=O) groups is 2. The topological polar surface area (TPSA) is 78.4 Å².